The Bertz CT molecular complexity index is 356. The molecular weight excluding hydrogens is 180 g/mol. The molecule has 0 spiro atoms. The Kier molecular flexibility index (Phi) is 3.12. The van der Waals surface area contributed by atoms with Gasteiger partial charge in [-0.3, -0.25) is 4.79 Å². The predicted octanol–water partition coefficient (Wildman–Crippen LogP) is 1.84. The third kappa shape index (κ3) is 2.25. The Labute approximate surface area is 83.3 Å². The summed E-state index contributed by atoms with van der Waals surface area (Å²) in [7, 11) is 1.53. The van der Waals surface area contributed by atoms with Gasteiger partial charge in [0.05, 0.1) is 7.11 Å². The first-order valence-electron chi connectivity index (χ1n) is 4.40. The lowest BCUT2D eigenvalue weighted by molar-refractivity contribution is -0.116. The fourth-order valence-electron chi connectivity index (χ4n) is 1.42. The zero-order valence-corrected chi connectivity index (χ0v) is 8.63. The number of phenolic OH excluding ortho intramolecular Hbond substituents is 1. The maximum Gasteiger partial charge on any atom is 0.134 e. The molecule has 1 aromatic carbocycles. The lowest BCUT2D eigenvalue weighted by Crippen LogP contribution is -2.01. The second-order valence-electron chi connectivity index (χ2n) is 3.32. The van der Waals surface area contributed by atoms with Crippen molar-refractivity contribution in [3.8, 4) is 11.5 Å². The second-order valence-corrected chi connectivity index (χ2v) is 3.32. The van der Waals surface area contributed by atoms with Crippen molar-refractivity contribution in [3.63, 3.8) is 0 Å². The first kappa shape index (κ1) is 10.6. The molecule has 0 saturated heterocycles. The van der Waals surface area contributed by atoms with Gasteiger partial charge in [-0.15, -0.1) is 0 Å². The fraction of sp³-hybridized carbons (Fsp3) is 0.364. The van der Waals surface area contributed by atoms with Crippen molar-refractivity contribution in [3.05, 3.63) is 23.3 Å². The Morgan fingerprint density at radius 3 is 2.64 bits per heavy atom. The first-order chi connectivity index (χ1) is 6.54. The molecule has 0 unspecified atom stereocenters. The van der Waals surface area contributed by atoms with Crippen LogP contribution in [0.4, 0.5) is 0 Å². The number of benzene rings is 1. The van der Waals surface area contributed by atoms with Crippen LogP contribution in [0.1, 0.15) is 18.1 Å². The molecule has 0 atom stereocenters. The van der Waals surface area contributed by atoms with Crippen molar-refractivity contribution in [1.82, 2.24) is 0 Å². The van der Waals surface area contributed by atoms with Gasteiger partial charge in [0.2, 0.25) is 0 Å². The monoisotopic (exact) mass is 194 g/mol. The summed E-state index contributed by atoms with van der Waals surface area (Å²) in [6, 6.07) is 3.14. The van der Waals surface area contributed by atoms with Gasteiger partial charge in [-0.2, -0.15) is 0 Å². The van der Waals surface area contributed by atoms with Gasteiger partial charge in [0.1, 0.15) is 17.3 Å². The molecule has 0 aliphatic rings. The summed E-state index contributed by atoms with van der Waals surface area (Å²) >= 11 is 0. The van der Waals surface area contributed by atoms with Crippen LogP contribution in [0.15, 0.2) is 12.1 Å². The third-order valence-electron chi connectivity index (χ3n) is 2.06. The number of Topliss-reactive ketones (excluding diaryl/α,β-unsaturated/α-hetero) is 1. The molecule has 1 aromatic rings. The Morgan fingerprint density at radius 2 is 2.14 bits per heavy atom. The van der Waals surface area contributed by atoms with Gasteiger partial charge in [0, 0.05) is 18.1 Å². The fourth-order valence-corrected chi connectivity index (χ4v) is 1.42. The Morgan fingerprint density at radius 1 is 1.50 bits per heavy atom. The number of aromatic hydroxyl groups is 1. The summed E-state index contributed by atoms with van der Waals surface area (Å²) < 4.78 is 5.10. The summed E-state index contributed by atoms with van der Waals surface area (Å²) in [6.45, 7) is 3.38. The molecular formula is C11H14O3. The van der Waals surface area contributed by atoms with Gasteiger partial charge in [-0.05, 0) is 25.5 Å². The Balaban J connectivity index is 3.18. The zero-order chi connectivity index (χ0) is 10.7. The molecule has 0 amide bonds. The molecule has 3 heteroatoms. The molecule has 0 heterocycles. The number of methoxy groups -OCH3 is 1. The van der Waals surface area contributed by atoms with E-state index in [1.165, 1.54) is 20.1 Å². The van der Waals surface area contributed by atoms with Gasteiger partial charge >= 0.3 is 0 Å². The maximum absolute atomic E-state index is 11.0. The summed E-state index contributed by atoms with van der Waals surface area (Å²) in [4.78, 5) is 11.0. The molecule has 0 aromatic heterocycles. The molecule has 3 nitrogen and oxygen atoms in total. The topological polar surface area (TPSA) is 46.5 Å². The molecule has 14 heavy (non-hydrogen) atoms. The molecule has 0 fully saturated rings. The zero-order valence-electron chi connectivity index (χ0n) is 8.63. The smallest absolute Gasteiger partial charge is 0.134 e. The van der Waals surface area contributed by atoms with E-state index in [4.69, 9.17) is 4.74 Å². The van der Waals surface area contributed by atoms with E-state index >= 15 is 0 Å². The highest BCUT2D eigenvalue weighted by Crippen LogP contribution is 2.28. The van der Waals surface area contributed by atoms with E-state index in [0.29, 0.717) is 12.2 Å². The minimum Gasteiger partial charge on any atom is -0.508 e. The number of ketones is 1. The molecule has 0 saturated carbocycles. The maximum atomic E-state index is 11.0. The van der Waals surface area contributed by atoms with Crippen LogP contribution in [0.5, 0.6) is 11.5 Å². The predicted molar refractivity (Wildman–Crippen MR) is 53.8 cm³/mol. The van der Waals surface area contributed by atoms with Gasteiger partial charge in [-0.1, -0.05) is 0 Å². The first-order valence-corrected chi connectivity index (χ1v) is 4.40. The lowest BCUT2D eigenvalue weighted by Gasteiger charge is -2.10. The van der Waals surface area contributed by atoms with Crippen molar-refractivity contribution >= 4 is 5.78 Å². The third-order valence-corrected chi connectivity index (χ3v) is 2.06. The van der Waals surface area contributed by atoms with Crippen molar-refractivity contribution in [2.24, 2.45) is 0 Å². The molecule has 0 radical (unpaired) electrons. The minimum atomic E-state index is 0.0806. The SMILES string of the molecule is COc1cc(O)cc(C)c1CC(C)=O. The van der Waals surface area contributed by atoms with Crippen LogP contribution in [0, 0.1) is 6.92 Å². The summed E-state index contributed by atoms with van der Waals surface area (Å²) in [5.41, 5.74) is 1.72. The highest BCUT2D eigenvalue weighted by atomic mass is 16.5. The van der Waals surface area contributed by atoms with E-state index in [9.17, 15) is 9.90 Å². The van der Waals surface area contributed by atoms with Gasteiger partial charge in [-0.25, -0.2) is 0 Å². The standard InChI is InChI=1S/C11H14O3/c1-7-4-9(13)6-11(14-3)10(7)5-8(2)12/h4,6,13H,5H2,1-3H3. The number of hydrogen-bond acceptors (Lipinski definition) is 3. The lowest BCUT2D eigenvalue weighted by atomic mass is 10.0. The van der Waals surface area contributed by atoms with Crippen LogP contribution in [0.2, 0.25) is 0 Å². The average molecular weight is 194 g/mol. The quantitative estimate of drug-likeness (QED) is 0.798. The number of rotatable bonds is 3. The summed E-state index contributed by atoms with van der Waals surface area (Å²) in [6.07, 6.45) is 0.343. The molecule has 1 rings (SSSR count). The number of carbonyl (C=O) groups is 1. The van der Waals surface area contributed by atoms with E-state index in [0.717, 1.165) is 11.1 Å². The molecule has 76 valence electrons. The molecule has 0 bridgehead atoms. The number of hydrogen-bond donors (Lipinski definition) is 1. The number of ether oxygens (including phenoxy) is 1. The van der Waals surface area contributed by atoms with Crippen molar-refractivity contribution in [1.29, 1.82) is 0 Å². The Hall–Kier alpha value is -1.51. The van der Waals surface area contributed by atoms with Crippen LogP contribution < -0.4 is 4.74 Å². The van der Waals surface area contributed by atoms with Crippen LogP contribution >= 0.6 is 0 Å². The molecule has 0 aliphatic carbocycles. The minimum absolute atomic E-state index is 0.0806. The van der Waals surface area contributed by atoms with Crippen LogP contribution in [-0.2, 0) is 11.2 Å². The van der Waals surface area contributed by atoms with Crippen molar-refractivity contribution in [2.75, 3.05) is 7.11 Å². The van der Waals surface area contributed by atoms with E-state index < -0.39 is 0 Å². The van der Waals surface area contributed by atoms with Crippen molar-refractivity contribution < 1.29 is 14.6 Å². The van der Waals surface area contributed by atoms with Gasteiger partial charge in [0.25, 0.3) is 0 Å². The van der Waals surface area contributed by atoms with E-state index in [1.807, 2.05) is 6.92 Å². The highest BCUT2D eigenvalue weighted by Gasteiger charge is 2.10. The van der Waals surface area contributed by atoms with E-state index in [1.54, 1.807) is 6.07 Å². The highest BCUT2D eigenvalue weighted by molar-refractivity contribution is 5.79. The summed E-state index contributed by atoms with van der Waals surface area (Å²) in [5, 5.41) is 9.32. The van der Waals surface area contributed by atoms with Crippen LogP contribution in [0.3, 0.4) is 0 Å². The molecule has 1 N–H and O–H groups in total. The number of carbonyl (C=O) groups excluding carboxylic acids is 1. The van der Waals surface area contributed by atoms with Crippen LogP contribution in [-0.4, -0.2) is 18.0 Å². The van der Waals surface area contributed by atoms with E-state index in [2.05, 4.69) is 0 Å². The largest absolute Gasteiger partial charge is 0.508 e. The average Bonchev–Trinajstić information content (AvgIpc) is 2.08. The van der Waals surface area contributed by atoms with Gasteiger partial charge < -0.3 is 9.84 Å². The van der Waals surface area contributed by atoms with E-state index in [-0.39, 0.29) is 11.5 Å². The normalized spacial score (nSPS) is 9.93. The number of phenols is 1. The molecule has 0 aliphatic heterocycles. The number of aryl methyl sites for hydroxylation is 1. The summed E-state index contributed by atoms with van der Waals surface area (Å²) in [5.74, 6) is 0.807. The van der Waals surface area contributed by atoms with Crippen molar-refractivity contribution in [2.45, 2.75) is 20.3 Å². The second kappa shape index (κ2) is 4.13. The van der Waals surface area contributed by atoms with Gasteiger partial charge in [0.15, 0.2) is 0 Å². The van der Waals surface area contributed by atoms with Crippen LogP contribution in [0.25, 0.3) is 0 Å².